The molecule has 1 aromatic heterocycles. The van der Waals surface area contributed by atoms with E-state index in [1.54, 1.807) is 18.3 Å². The summed E-state index contributed by atoms with van der Waals surface area (Å²) in [4.78, 5) is 6.69. The fourth-order valence-corrected chi connectivity index (χ4v) is 2.32. The van der Waals surface area contributed by atoms with Gasteiger partial charge in [0.25, 0.3) is 0 Å². The molecule has 2 heterocycles. The summed E-state index contributed by atoms with van der Waals surface area (Å²) < 4.78 is 13.7. The minimum atomic E-state index is -0.209. The number of anilines is 1. The third-order valence-electron chi connectivity index (χ3n) is 3.37. The maximum Gasteiger partial charge on any atom is 0.131 e. The van der Waals surface area contributed by atoms with Crippen LogP contribution in [0.25, 0.3) is 11.1 Å². The number of rotatable bonds is 2. The highest BCUT2D eigenvalue weighted by atomic mass is 19.1. The lowest BCUT2D eigenvalue weighted by Crippen LogP contribution is -2.43. The quantitative estimate of drug-likeness (QED) is 0.894. The normalized spacial score (nSPS) is 15.5. The number of hydrogen-bond acceptors (Lipinski definition) is 3. The molecule has 2 aromatic rings. The van der Waals surface area contributed by atoms with Crippen LogP contribution in [0.1, 0.15) is 0 Å². The minimum Gasteiger partial charge on any atom is -0.354 e. The van der Waals surface area contributed by atoms with Crippen molar-refractivity contribution in [1.82, 2.24) is 10.3 Å². The van der Waals surface area contributed by atoms with Crippen LogP contribution >= 0.6 is 0 Å². The molecule has 0 atom stereocenters. The lowest BCUT2D eigenvalue weighted by Gasteiger charge is -2.28. The third kappa shape index (κ3) is 2.58. The Balaban J connectivity index is 1.84. The zero-order chi connectivity index (χ0) is 13.1. The van der Waals surface area contributed by atoms with E-state index in [0.29, 0.717) is 5.56 Å². The predicted molar refractivity (Wildman–Crippen MR) is 74.7 cm³/mol. The van der Waals surface area contributed by atoms with Gasteiger partial charge >= 0.3 is 0 Å². The molecule has 0 spiro atoms. The van der Waals surface area contributed by atoms with Crippen molar-refractivity contribution in [1.29, 1.82) is 0 Å². The van der Waals surface area contributed by atoms with Crippen LogP contribution in [0.5, 0.6) is 0 Å². The lowest BCUT2D eigenvalue weighted by atomic mass is 10.1. The summed E-state index contributed by atoms with van der Waals surface area (Å²) in [5.74, 6) is 0.751. The number of piperazine rings is 1. The maximum atomic E-state index is 13.7. The zero-order valence-electron chi connectivity index (χ0n) is 10.6. The number of hydrogen-bond donors (Lipinski definition) is 1. The molecule has 1 N–H and O–H groups in total. The van der Waals surface area contributed by atoms with Gasteiger partial charge < -0.3 is 10.2 Å². The molecule has 1 aromatic carbocycles. The molecule has 0 amide bonds. The Hall–Kier alpha value is -1.94. The number of nitrogens with one attached hydrogen (secondary N) is 1. The van der Waals surface area contributed by atoms with Gasteiger partial charge in [0, 0.05) is 43.5 Å². The summed E-state index contributed by atoms with van der Waals surface area (Å²) in [6, 6.07) is 10.7. The second kappa shape index (κ2) is 5.36. The number of aromatic nitrogens is 1. The average molecular weight is 257 g/mol. The number of benzene rings is 1. The summed E-state index contributed by atoms with van der Waals surface area (Å²) >= 11 is 0. The molecule has 0 aliphatic carbocycles. The molecule has 1 fully saturated rings. The van der Waals surface area contributed by atoms with E-state index in [1.807, 2.05) is 18.2 Å². The largest absolute Gasteiger partial charge is 0.354 e. The summed E-state index contributed by atoms with van der Waals surface area (Å²) in [6.07, 6.45) is 1.75. The molecular weight excluding hydrogens is 241 g/mol. The van der Waals surface area contributed by atoms with Crippen molar-refractivity contribution in [3.05, 3.63) is 48.4 Å². The number of pyridine rings is 1. The van der Waals surface area contributed by atoms with Crippen LogP contribution in [0.4, 0.5) is 10.2 Å². The highest BCUT2D eigenvalue weighted by Gasteiger charge is 2.12. The Morgan fingerprint density at radius 3 is 2.53 bits per heavy atom. The molecule has 1 saturated heterocycles. The Bertz CT molecular complexity index is 548. The van der Waals surface area contributed by atoms with Crippen molar-refractivity contribution < 1.29 is 4.39 Å². The molecule has 0 bridgehead atoms. The topological polar surface area (TPSA) is 28.2 Å². The zero-order valence-corrected chi connectivity index (χ0v) is 10.6. The molecule has 0 unspecified atom stereocenters. The van der Waals surface area contributed by atoms with Gasteiger partial charge in [-0.1, -0.05) is 18.2 Å². The van der Waals surface area contributed by atoms with Crippen molar-refractivity contribution in [2.24, 2.45) is 0 Å². The standard InChI is InChI=1S/C15H16FN3/c16-14-4-2-1-3-13(14)12-5-6-15(18-11-12)19-9-7-17-8-10-19/h1-6,11,17H,7-10H2. The van der Waals surface area contributed by atoms with Gasteiger partial charge in [-0.25, -0.2) is 9.37 Å². The van der Waals surface area contributed by atoms with Gasteiger partial charge in [0.1, 0.15) is 11.6 Å². The Morgan fingerprint density at radius 1 is 1.05 bits per heavy atom. The first-order valence-electron chi connectivity index (χ1n) is 6.51. The molecule has 3 rings (SSSR count). The molecule has 3 nitrogen and oxygen atoms in total. The predicted octanol–water partition coefficient (Wildman–Crippen LogP) is 2.30. The van der Waals surface area contributed by atoms with Crippen molar-refractivity contribution in [2.75, 3.05) is 31.1 Å². The van der Waals surface area contributed by atoms with Crippen LogP contribution in [0.2, 0.25) is 0 Å². The summed E-state index contributed by atoms with van der Waals surface area (Å²) in [5, 5.41) is 3.31. The molecule has 1 aliphatic rings. The van der Waals surface area contributed by atoms with Crippen LogP contribution in [0.3, 0.4) is 0 Å². The van der Waals surface area contributed by atoms with E-state index in [4.69, 9.17) is 0 Å². The van der Waals surface area contributed by atoms with Crippen molar-refractivity contribution in [3.8, 4) is 11.1 Å². The van der Waals surface area contributed by atoms with E-state index in [2.05, 4.69) is 15.2 Å². The highest BCUT2D eigenvalue weighted by molar-refractivity contribution is 5.64. The summed E-state index contributed by atoms with van der Waals surface area (Å²) in [6.45, 7) is 3.89. The minimum absolute atomic E-state index is 0.209. The average Bonchev–Trinajstić information content (AvgIpc) is 2.49. The van der Waals surface area contributed by atoms with Gasteiger partial charge in [0.15, 0.2) is 0 Å². The van der Waals surface area contributed by atoms with Gasteiger partial charge in [-0.05, 0) is 18.2 Å². The summed E-state index contributed by atoms with van der Waals surface area (Å²) in [7, 11) is 0. The SMILES string of the molecule is Fc1ccccc1-c1ccc(N2CCNCC2)nc1. The number of nitrogens with zero attached hydrogens (tertiary/aromatic N) is 2. The van der Waals surface area contributed by atoms with E-state index in [9.17, 15) is 4.39 Å². The van der Waals surface area contributed by atoms with Gasteiger partial charge in [0.05, 0.1) is 0 Å². The van der Waals surface area contributed by atoms with E-state index < -0.39 is 0 Å². The van der Waals surface area contributed by atoms with E-state index in [-0.39, 0.29) is 5.82 Å². The molecule has 4 heteroatoms. The van der Waals surface area contributed by atoms with E-state index in [1.165, 1.54) is 6.07 Å². The monoisotopic (exact) mass is 257 g/mol. The van der Waals surface area contributed by atoms with Crippen LogP contribution in [0, 0.1) is 5.82 Å². The van der Waals surface area contributed by atoms with Crippen molar-refractivity contribution >= 4 is 5.82 Å². The van der Waals surface area contributed by atoms with Gasteiger partial charge in [-0.2, -0.15) is 0 Å². The van der Waals surface area contributed by atoms with E-state index in [0.717, 1.165) is 37.6 Å². The van der Waals surface area contributed by atoms with Gasteiger partial charge in [-0.3, -0.25) is 0 Å². The first kappa shape index (κ1) is 12.1. The molecule has 1 aliphatic heterocycles. The maximum absolute atomic E-state index is 13.7. The fourth-order valence-electron chi connectivity index (χ4n) is 2.32. The molecule has 0 radical (unpaired) electrons. The third-order valence-corrected chi connectivity index (χ3v) is 3.37. The smallest absolute Gasteiger partial charge is 0.131 e. The van der Waals surface area contributed by atoms with Gasteiger partial charge in [-0.15, -0.1) is 0 Å². The molecule has 98 valence electrons. The Morgan fingerprint density at radius 2 is 1.84 bits per heavy atom. The molecular formula is C15H16FN3. The van der Waals surface area contributed by atoms with Crippen LogP contribution in [-0.4, -0.2) is 31.2 Å². The number of halogens is 1. The molecule has 0 saturated carbocycles. The van der Waals surface area contributed by atoms with Crippen LogP contribution < -0.4 is 10.2 Å². The highest BCUT2D eigenvalue weighted by Crippen LogP contribution is 2.23. The Kier molecular flexibility index (Phi) is 3.42. The van der Waals surface area contributed by atoms with Gasteiger partial charge in [0.2, 0.25) is 0 Å². The molecule has 19 heavy (non-hydrogen) atoms. The second-order valence-corrected chi connectivity index (χ2v) is 4.62. The first-order chi connectivity index (χ1) is 9.34. The Labute approximate surface area is 112 Å². The van der Waals surface area contributed by atoms with Crippen molar-refractivity contribution in [3.63, 3.8) is 0 Å². The van der Waals surface area contributed by atoms with E-state index >= 15 is 0 Å². The first-order valence-corrected chi connectivity index (χ1v) is 6.51. The van der Waals surface area contributed by atoms with Crippen LogP contribution in [0.15, 0.2) is 42.6 Å². The lowest BCUT2D eigenvalue weighted by molar-refractivity contribution is 0.585. The summed E-state index contributed by atoms with van der Waals surface area (Å²) in [5.41, 5.74) is 1.42. The fraction of sp³-hybridized carbons (Fsp3) is 0.267. The van der Waals surface area contributed by atoms with Crippen molar-refractivity contribution in [2.45, 2.75) is 0 Å². The second-order valence-electron chi connectivity index (χ2n) is 4.62. The van der Waals surface area contributed by atoms with Crippen LogP contribution in [-0.2, 0) is 0 Å².